The van der Waals surface area contributed by atoms with Gasteiger partial charge in [-0.3, -0.25) is 38.4 Å². The molecule has 0 aliphatic heterocycles. The van der Waals surface area contributed by atoms with Gasteiger partial charge in [0, 0.05) is 97.4 Å². The molecule has 0 saturated carbocycles. The van der Waals surface area contributed by atoms with Gasteiger partial charge in [-0.15, -0.1) is 0 Å². The molecule has 0 fully saturated rings. The Hall–Kier alpha value is -8.28. The van der Waals surface area contributed by atoms with Crippen molar-refractivity contribution in [3.8, 4) is 0 Å². The molecule has 98 heavy (non-hydrogen) atoms. The fraction of sp³-hybridized carbons (Fsp3) is 0.515. The second-order valence-electron chi connectivity index (χ2n) is 22.4. The van der Waals surface area contributed by atoms with Gasteiger partial charge in [0.05, 0.1) is 51.4 Å². The maximum absolute atomic E-state index is 13.7. The Balaban J connectivity index is 1.000. The molecule has 4 rings (SSSR count). The minimum atomic E-state index is -1.17. The van der Waals surface area contributed by atoms with Crippen LogP contribution in [0.4, 0.5) is 21.2 Å². The molecule has 0 radical (unpaired) electrons. The number of aromatic nitrogens is 2. The summed E-state index contributed by atoms with van der Waals surface area (Å²) in [6.45, 7) is 2.34. The van der Waals surface area contributed by atoms with E-state index in [4.69, 9.17) is 65.4 Å². The van der Waals surface area contributed by atoms with E-state index in [-0.39, 0.29) is 148 Å². The standard InChI is InChI=1S/C66H90Cl4N12O16/c67-47-37-45(38-48(68)41-47)53(43-61(87)88)81-63(91)51(79-59(85)19-5-11-25-73-55-17-3-9-23-71-55)15-1-7-27-75-57(83)21-31-95-33-35-97-65(93)77-29-13-14-30-78-66(94)98-36-34-96-32-22-58(84)76-28-8-2-16-52(80-60(86)20-6-12-26-74-56-18-4-10-24-72-56)64(92)82-54(44-62(89)90)46-39-49(69)42-50(70)40-46/h3-4,9-10,17-18,23-24,37-42,51-54H,1-2,5-8,11-16,19-22,25-36,43-44H2,(H,71,73)(H,72,74)(H,75,83)(H,76,84)(H,77,93)(H,78,94)(H,79,85)(H,80,86)(H,81,91)(H,82,92)(H,87,88)(H,89,90). The molecule has 0 bridgehead atoms. The maximum Gasteiger partial charge on any atom is 0.407 e. The number of pyridine rings is 2. The first-order valence-corrected chi connectivity index (χ1v) is 34.1. The average molecular weight is 1450 g/mol. The van der Waals surface area contributed by atoms with Crippen LogP contribution in [0.5, 0.6) is 0 Å². The van der Waals surface area contributed by atoms with Crippen LogP contribution in [0.15, 0.2) is 85.2 Å². The molecule has 0 aliphatic carbocycles. The van der Waals surface area contributed by atoms with Crippen LogP contribution >= 0.6 is 46.4 Å². The molecule has 28 nitrogen and oxygen atoms in total. The van der Waals surface area contributed by atoms with Crippen molar-refractivity contribution in [3.05, 3.63) is 116 Å². The predicted octanol–water partition coefficient (Wildman–Crippen LogP) is 8.21. The van der Waals surface area contributed by atoms with Crippen LogP contribution in [0.25, 0.3) is 0 Å². The van der Waals surface area contributed by atoms with Crippen LogP contribution in [0, 0.1) is 0 Å². The zero-order valence-electron chi connectivity index (χ0n) is 54.6. The minimum absolute atomic E-state index is 0.0336. The number of benzene rings is 2. The number of aliphatic carboxylic acids is 2. The molecular weight excluding hydrogens is 1360 g/mol. The number of amides is 8. The molecule has 4 unspecified atom stereocenters. The van der Waals surface area contributed by atoms with Crippen molar-refractivity contribution in [2.45, 2.75) is 140 Å². The van der Waals surface area contributed by atoms with Crippen LogP contribution < -0.4 is 53.2 Å². The van der Waals surface area contributed by atoms with Crippen molar-refractivity contribution >= 4 is 118 Å². The maximum atomic E-state index is 13.7. The number of ether oxygens (including phenoxy) is 4. The van der Waals surface area contributed by atoms with E-state index in [9.17, 15) is 58.2 Å². The van der Waals surface area contributed by atoms with Crippen molar-refractivity contribution in [1.29, 1.82) is 0 Å². The van der Waals surface area contributed by atoms with E-state index in [0.717, 1.165) is 0 Å². The number of rotatable bonds is 51. The van der Waals surface area contributed by atoms with Gasteiger partial charge in [0.25, 0.3) is 0 Å². The van der Waals surface area contributed by atoms with Crippen LogP contribution in [0.2, 0.25) is 20.1 Å². The van der Waals surface area contributed by atoms with Gasteiger partial charge < -0.3 is 82.3 Å². The Morgan fingerprint density at radius 3 is 1.13 bits per heavy atom. The summed E-state index contributed by atoms with van der Waals surface area (Å²) in [7, 11) is 0. The van der Waals surface area contributed by atoms with Gasteiger partial charge in [-0.25, -0.2) is 19.6 Å². The van der Waals surface area contributed by atoms with Crippen molar-refractivity contribution in [2.75, 3.05) is 89.5 Å². The Bertz CT molecular complexity index is 2870. The number of hydrogen-bond donors (Lipinski definition) is 12. The van der Waals surface area contributed by atoms with Gasteiger partial charge in [0.1, 0.15) is 36.9 Å². The van der Waals surface area contributed by atoms with Crippen LogP contribution in [0.3, 0.4) is 0 Å². The van der Waals surface area contributed by atoms with E-state index in [1.165, 1.54) is 36.4 Å². The fourth-order valence-corrected chi connectivity index (χ4v) is 10.5. The van der Waals surface area contributed by atoms with Crippen LogP contribution in [0.1, 0.15) is 139 Å². The summed E-state index contributed by atoms with van der Waals surface area (Å²) < 4.78 is 21.1. The summed E-state index contributed by atoms with van der Waals surface area (Å²) in [5.74, 6) is -3.39. The number of carboxylic acid groups (broad SMARTS) is 2. The van der Waals surface area contributed by atoms with E-state index < -0.39 is 72.9 Å². The Kier molecular flexibility index (Phi) is 41.3. The smallest absolute Gasteiger partial charge is 0.407 e. The van der Waals surface area contributed by atoms with E-state index in [1.807, 2.05) is 36.4 Å². The lowest BCUT2D eigenvalue weighted by atomic mass is 10.0. The molecule has 4 atom stereocenters. The van der Waals surface area contributed by atoms with Crippen molar-refractivity contribution in [1.82, 2.24) is 52.5 Å². The summed E-state index contributed by atoms with van der Waals surface area (Å²) in [5, 5.41) is 48.5. The summed E-state index contributed by atoms with van der Waals surface area (Å²) in [6, 6.07) is 16.0. The summed E-state index contributed by atoms with van der Waals surface area (Å²) in [6.07, 6.45) is 7.00. The van der Waals surface area contributed by atoms with E-state index in [2.05, 4.69) is 63.1 Å². The first-order valence-electron chi connectivity index (χ1n) is 32.6. The van der Waals surface area contributed by atoms with Gasteiger partial charge in [-0.05, 0) is 149 Å². The van der Waals surface area contributed by atoms with Gasteiger partial charge in [-0.1, -0.05) is 58.5 Å². The highest BCUT2D eigenvalue weighted by Gasteiger charge is 2.28. The highest BCUT2D eigenvalue weighted by atomic mass is 35.5. The second-order valence-corrected chi connectivity index (χ2v) is 24.2. The largest absolute Gasteiger partial charge is 0.481 e. The topological polar surface area (TPSA) is 394 Å². The van der Waals surface area contributed by atoms with Crippen molar-refractivity contribution in [3.63, 3.8) is 0 Å². The zero-order chi connectivity index (χ0) is 71.1. The van der Waals surface area contributed by atoms with Gasteiger partial charge in [-0.2, -0.15) is 0 Å². The molecular formula is C66H90Cl4N12O16. The number of halogens is 4. The Labute approximate surface area is 589 Å². The third-order valence-electron chi connectivity index (χ3n) is 14.4. The number of nitrogens with one attached hydrogen (secondary N) is 10. The predicted molar refractivity (Wildman–Crippen MR) is 369 cm³/mol. The van der Waals surface area contributed by atoms with Gasteiger partial charge in [0.2, 0.25) is 35.4 Å². The highest BCUT2D eigenvalue weighted by Crippen LogP contribution is 2.28. The van der Waals surface area contributed by atoms with Crippen molar-refractivity contribution in [2.24, 2.45) is 0 Å². The normalized spacial score (nSPS) is 12.1. The van der Waals surface area contributed by atoms with Crippen LogP contribution in [-0.4, -0.2) is 171 Å². The van der Waals surface area contributed by atoms with Gasteiger partial charge in [0.15, 0.2) is 0 Å². The first kappa shape index (κ1) is 82.1. The number of carboxylic acids is 2. The highest BCUT2D eigenvalue weighted by molar-refractivity contribution is 6.35. The van der Waals surface area contributed by atoms with E-state index in [0.29, 0.717) is 100 Å². The first-order chi connectivity index (χ1) is 47.2. The SMILES string of the molecule is O=C(O)CC(NC(=O)C(CCCCNC(=O)CCOCCOC(=O)NCCCCNC(=O)OCCOCCC(=O)NCCCCC(NC(=O)CCCCNc1ccccn1)C(=O)NC(CC(=O)O)c1cc(Cl)cc(Cl)c1)NC(=O)CCCCNc1ccccn1)c1cc(Cl)cc(Cl)c1. The molecule has 2 aromatic heterocycles. The monoisotopic (exact) mass is 1450 g/mol. The zero-order valence-corrected chi connectivity index (χ0v) is 57.6. The number of hydrogen-bond acceptors (Lipinski definition) is 18. The average Bonchev–Trinajstić information content (AvgIpc) is 0.888. The molecule has 2 heterocycles. The molecule has 2 aromatic carbocycles. The number of carbonyl (C=O) groups is 10. The number of nitrogens with zero attached hydrogens (tertiary/aromatic N) is 2. The molecule has 32 heteroatoms. The number of anilines is 2. The number of carbonyl (C=O) groups excluding carboxylic acids is 8. The molecule has 0 saturated heterocycles. The lowest BCUT2D eigenvalue weighted by Gasteiger charge is -2.23. The third-order valence-corrected chi connectivity index (χ3v) is 15.2. The molecule has 8 amide bonds. The van der Waals surface area contributed by atoms with Crippen LogP contribution in [-0.2, 0) is 57.3 Å². The minimum Gasteiger partial charge on any atom is -0.481 e. The molecule has 0 aliphatic rings. The summed E-state index contributed by atoms with van der Waals surface area (Å²) in [4.78, 5) is 135. The molecule has 0 spiro atoms. The fourth-order valence-electron chi connectivity index (χ4n) is 9.44. The lowest BCUT2D eigenvalue weighted by Crippen LogP contribution is -2.48. The van der Waals surface area contributed by atoms with Gasteiger partial charge >= 0.3 is 24.1 Å². The second kappa shape index (κ2) is 49.3. The van der Waals surface area contributed by atoms with E-state index >= 15 is 0 Å². The molecule has 4 aromatic rings. The van der Waals surface area contributed by atoms with E-state index in [1.54, 1.807) is 12.4 Å². The quantitative estimate of drug-likeness (QED) is 0.0185. The summed E-state index contributed by atoms with van der Waals surface area (Å²) >= 11 is 24.7. The van der Waals surface area contributed by atoms with Crippen molar-refractivity contribution < 1.29 is 77.1 Å². The molecule has 538 valence electrons. The Morgan fingerprint density at radius 2 is 0.765 bits per heavy atom. The Morgan fingerprint density at radius 1 is 0.398 bits per heavy atom. The number of unbranched alkanes of at least 4 members (excludes halogenated alkanes) is 5. The third kappa shape index (κ3) is 38.6. The summed E-state index contributed by atoms with van der Waals surface area (Å²) in [5.41, 5.74) is 0.767. The lowest BCUT2D eigenvalue weighted by molar-refractivity contribution is -0.139. The molecule has 12 N–H and O–H groups in total. The number of alkyl carbamates (subject to hydrolysis) is 2.